The largest absolute Gasteiger partial charge is 0.403 e. The highest BCUT2D eigenvalue weighted by molar-refractivity contribution is 6.32. The fourth-order valence-corrected chi connectivity index (χ4v) is 5.25. The van der Waals surface area contributed by atoms with Crippen molar-refractivity contribution in [2.45, 2.75) is 63.5 Å². The molecule has 0 saturated heterocycles. The molecule has 146 valence electrons. The molecule has 2 radical (unpaired) electrons. The van der Waals surface area contributed by atoms with Crippen LogP contribution in [0, 0.1) is 24.2 Å². The van der Waals surface area contributed by atoms with E-state index in [1.807, 2.05) is 0 Å². The molecule has 2 aromatic rings. The topological polar surface area (TPSA) is 9.23 Å². The molecule has 0 atom stereocenters. The monoisotopic (exact) mass is 388 g/mol. The maximum atomic E-state index is 6.99. The number of hydrogen-bond acceptors (Lipinski definition) is 1. The second-order valence-electron chi connectivity index (χ2n) is 9.05. The summed E-state index contributed by atoms with van der Waals surface area (Å²) in [7, 11) is 0.430. The Morgan fingerprint density at radius 2 is 1.39 bits per heavy atom. The molecular weight excluding hydrogens is 356 g/mol. The summed E-state index contributed by atoms with van der Waals surface area (Å²) < 4.78 is 6.99. The molecule has 28 heavy (non-hydrogen) atoms. The smallest absolute Gasteiger partial charge is 0.237 e. The van der Waals surface area contributed by atoms with Crippen molar-refractivity contribution < 1.29 is 4.43 Å². The van der Waals surface area contributed by atoms with E-state index in [2.05, 4.69) is 87.4 Å². The van der Waals surface area contributed by atoms with Crippen molar-refractivity contribution in [2.75, 3.05) is 0 Å². The van der Waals surface area contributed by atoms with E-state index in [1.165, 1.54) is 24.0 Å². The highest BCUT2D eigenvalue weighted by atomic mass is 28.2. The number of rotatable bonds is 6. The van der Waals surface area contributed by atoms with E-state index < -0.39 is 5.60 Å². The SMILES string of the molecule is C#CCC1CCC(C(O[Si]C(C)(C)C)(c2ccccc2)c2ccccc2)CC1. The molecule has 0 aromatic heterocycles. The molecule has 1 fully saturated rings. The second kappa shape index (κ2) is 9.12. The van der Waals surface area contributed by atoms with E-state index in [0.717, 1.165) is 19.3 Å². The molecule has 0 heterocycles. The van der Waals surface area contributed by atoms with Gasteiger partial charge in [0.1, 0.15) is 5.60 Å². The van der Waals surface area contributed by atoms with E-state index >= 15 is 0 Å². The Morgan fingerprint density at radius 1 is 0.893 bits per heavy atom. The quantitative estimate of drug-likeness (QED) is 0.399. The van der Waals surface area contributed by atoms with Gasteiger partial charge in [0, 0.05) is 6.42 Å². The predicted molar refractivity (Wildman–Crippen MR) is 119 cm³/mol. The zero-order chi connectivity index (χ0) is 20.0. The lowest BCUT2D eigenvalue weighted by molar-refractivity contribution is 0.0162. The molecule has 2 heteroatoms. The van der Waals surface area contributed by atoms with Gasteiger partial charge in [-0.15, -0.1) is 12.3 Å². The first-order valence-electron chi connectivity index (χ1n) is 10.5. The van der Waals surface area contributed by atoms with E-state index in [4.69, 9.17) is 10.8 Å². The molecule has 1 nitrogen and oxygen atoms in total. The van der Waals surface area contributed by atoms with Gasteiger partial charge in [-0.2, -0.15) is 0 Å². The van der Waals surface area contributed by atoms with Crippen LogP contribution >= 0.6 is 0 Å². The van der Waals surface area contributed by atoms with Crippen molar-refractivity contribution >= 4 is 9.76 Å². The van der Waals surface area contributed by atoms with E-state index in [1.54, 1.807) is 0 Å². The minimum atomic E-state index is -0.393. The number of benzene rings is 2. The fraction of sp³-hybridized carbons (Fsp3) is 0.462. The van der Waals surface area contributed by atoms with Crippen LogP contribution in [-0.4, -0.2) is 9.76 Å². The zero-order valence-corrected chi connectivity index (χ0v) is 18.4. The van der Waals surface area contributed by atoms with Crippen LogP contribution in [0.15, 0.2) is 60.7 Å². The normalized spacial score (nSPS) is 20.5. The summed E-state index contributed by atoms with van der Waals surface area (Å²) in [6.07, 6.45) is 11.2. The van der Waals surface area contributed by atoms with Crippen molar-refractivity contribution in [1.82, 2.24) is 0 Å². The molecule has 0 N–H and O–H groups in total. The van der Waals surface area contributed by atoms with Gasteiger partial charge in [0.15, 0.2) is 0 Å². The van der Waals surface area contributed by atoms with Crippen molar-refractivity contribution in [2.24, 2.45) is 11.8 Å². The summed E-state index contributed by atoms with van der Waals surface area (Å²) in [5.74, 6) is 3.99. The van der Waals surface area contributed by atoms with Crippen LogP contribution in [0.5, 0.6) is 0 Å². The van der Waals surface area contributed by atoms with Gasteiger partial charge in [0.05, 0.1) is 0 Å². The van der Waals surface area contributed by atoms with Gasteiger partial charge < -0.3 is 4.43 Å². The Hall–Kier alpha value is -1.82. The molecule has 1 aliphatic carbocycles. The molecule has 0 amide bonds. The van der Waals surface area contributed by atoms with Crippen LogP contribution in [0.4, 0.5) is 0 Å². The first-order valence-corrected chi connectivity index (χ1v) is 11.4. The molecule has 0 spiro atoms. The highest BCUT2D eigenvalue weighted by Gasteiger charge is 2.45. The van der Waals surface area contributed by atoms with Crippen LogP contribution in [0.2, 0.25) is 5.04 Å². The summed E-state index contributed by atoms with van der Waals surface area (Å²) >= 11 is 0. The second-order valence-corrected chi connectivity index (χ2v) is 11.0. The van der Waals surface area contributed by atoms with Crippen molar-refractivity contribution in [3.63, 3.8) is 0 Å². The van der Waals surface area contributed by atoms with Gasteiger partial charge in [0.2, 0.25) is 9.76 Å². The maximum absolute atomic E-state index is 6.99. The van der Waals surface area contributed by atoms with E-state index in [-0.39, 0.29) is 5.04 Å². The molecule has 0 bridgehead atoms. The van der Waals surface area contributed by atoms with Crippen LogP contribution in [0.3, 0.4) is 0 Å². The summed E-state index contributed by atoms with van der Waals surface area (Å²) in [4.78, 5) is 0. The third-order valence-corrected chi connectivity index (χ3v) is 6.79. The van der Waals surface area contributed by atoms with Gasteiger partial charge in [-0.25, -0.2) is 0 Å². The Morgan fingerprint density at radius 3 is 1.82 bits per heavy atom. The fourth-order valence-electron chi connectivity index (χ4n) is 4.38. The summed E-state index contributed by atoms with van der Waals surface area (Å²) in [6, 6.07) is 21.7. The standard InChI is InChI=1S/C26H32OSi/c1-5-12-21-17-19-24(20-18-21)26(27-28-25(2,3)4,22-13-8-6-9-14-22)23-15-10-7-11-16-23/h1,6-11,13-16,21,24H,12,17-20H2,2-4H3. The van der Waals surface area contributed by atoms with Crippen LogP contribution in [0.25, 0.3) is 0 Å². The molecule has 1 aliphatic rings. The number of terminal acetylenes is 1. The lowest BCUT2D eigenvalue weighted by atomic mass is 9.67. The summed E-state index contributed by atoms with van der Waals surface area (Å²) in [5, 5.41) is 0.134. The lowest BCUT2D eigenvalue weighted by Crippen LogP contribution is -2.43. The first-order chi connectivity index (χ1) is 13.5. The Kier molecular flexibility index (Phi) is 6.80. The number of hydrogen-bond donors (Lipinski definition) is 0. The van der Waals surface area contributed by atoms with Gasteiger partial charge in [0.25, 0.3) is 0 Å². The van der Waals surface area contributed by atoms with Gasteiger partial charge in [-0.1, -0.05) is 81.4 Å². The predicted octanol–water partition coefficient (Wildman–Crippen LogP) is 6.61. The Balaban J connectivity index is 2.04. The highest BCUT2D eigenvalue weighted by Crippen LogP contribution is 2.48. The Bertz CT molecular complexity index is 722. The minimum absolute atomic E-state index is 0.134. The van der Waals surface area contributed by atoms with Crippen molar-refractivity contribution in [1.29, 1.82) is 0 Å². The maximum Gasteiger partial charge on any atom is 0.237 e. The van der Waals surface area contributed by atoms with Gasteiger partial charge >= 0.3 is 0 Å². The first kappa shape index (κ1) is 20.9. The lowest BCUT2D eigenvalue weighted by Gasteiger charge is -2.46. The molecule has 2 aromatic carbocycles. The van der Waals surface area contributed by atoms with E-state index in [0.29, 0.717) is 21.6 Å². The average Bonchev–Trinajstić information content (AvgIpc) is 2.71. The molecule has 3 rings (SSSR count). The molecule has 0 unspecified atom stereocenters. The third-order valence-electron chi connectivity index (χ3n) is 5.75. The third kappa shape index (κ3) is 4.77. The molecule has 1 saturated carbocycles. The van der Waals surface area contributed by atoms with Crippen molar-refractivity contribution in [3.05, 3.63) is 71.8 Å². The molecule has 0 aliphatic heterocycles. The van der Waals surface area contributed by atoms with Crippen LogP contribution in [-0.2, 0) is 10.0 Å². The van der Waals surface area contributed by atoms with Gasteiger partial charge in [-0.05, 0) is 53.7 Å². The average molecular weight is 389 g/mol. The van der Waals surface area contributed by atoms with E-state index in [9.17, 15) is 0 Å². The van der Waals surface area contributed by atoms with Crippen LogP contribution in [0.1, 0.15) is 64.0 Å². The Labute approximate surface area is 173 Å². The van der Waals surface area contributed by atoms with Crippen molar-refractivity contribution in [3.8, 4) is 12.3 Å². The zero-order valence-electron chi connectivity index (χ0n) is 17.4. The summed E-state index contributed by atoms with van der Waals surface area (Å²) in [6.45, 7) is 6.78. The minimum Gasteiger partial charge on any atom is -0.403 e. The summed E-state index contributed by atoms with van der Waals surface area (Å²) in [5.41, 5.74) is 2.16. The van der Waals surface area contributed by atoms with Gasteiger partial charge in [-0.3, -0.25) is 0 Å². The molecular formula is C26H32OSi. The van der Waals surface area contributed by atoms with Crippen LogP contribution < -0.4 is 0 Å².